The van der Waals surface area contributed by atoms with Crippen LogP contribution in [-0.2, 0) is 4.79 Å². The molecule has 0 spiro atoms. The zero-order chi connectivity index (χ0) is 14.7. The van der Waals surface area contributed by atoms with E-state index in [-0.39, 0.29) is 11.4 Å². The predicted molar refractivity (Wildman–Crippen MR) is 92.1 cm³/mol. The maximum Gasteiger partial charge on any atom is 0.200 e. The standard InChI is InChI=1S/C19H18OP/c1-21(16-10-4-2-5-11-16,17-12-6-3-7-13-17)19-15-9-8-14-18(19)20/h2-15,19H,1H3/q+1. The van der Waals surface area contributed by atoms with Gasteiger partial charge >= 0.3 is 0 Å². The average molecular weight is 293 g/mol. The summed E-state index contributed by atoms with van der Waals surface area (Å²) in [5.74, 6) is 0.209. The first-order chi connectivity index (χ1) is 10.2. The lowest BCUT2D eigenvalue weighted by Gasteiger charge is -2.29. The van der Waals surface area contributed by atoms with Crippen molar-refractivity contribution in [2.45, 2.75) is 5.66 Å². The van der Waals surface area contributed by atoms with Gasteiger partial charge < -0.3 is 0 Å². The Kier molecular flexibility index (Phi) is 3.86. The minimum atomic E-state index is -1.79. The number of allylic oxidation sites excluding steroid dienone is 4. The van der Waals surface area contributed by atoms with E-state index in [1.165, 1.54) is 10.6 Å². The molecule has 2 heteroatoms. The van der Waals surface area contributed by atoms with Crippen molar-refractivity contribution in [2.24, 2.45) is 0 Å². The zero-order valence-corrected chi connectivity index (χ0v) is 12.9. The Bertz CT molecular complexity index is 647. The molecule has 0 bridgehead atoms. The number of rotatable bonds is 3. The molecule has 0 radical (unpaired) electrons. The van der Waals surface area contributed by atoms with Crippen molar-refractivity contribution >= 4 is 23.7 Å². The van der Waals surface area contributed by atoms with Crippen LogP contribution in [0.25, 0.3) is 0 Å². The quantitative estimate of drug-likeness (QED) is 0.793. The SMILES string of the molecule is C[P+](c1ccccc1)(c1ccccc1)C1C=CC=CC1=O. The van der Waals surface area contributed by atoms with Crippen molar-refractivity contribution in [1.29, 1.82) is 0 Å². The summed E-state index contributed by atoms with van der Waals surface area (Å²) in [6.07, 6.45) is 7.60. The number of benzene rings is 2. The number of carbonyl (C=O) groups is 1. The highest BCUT2D eigenvalue weighted by atomic mass is 31.2. The van der Waals surface area contributed by atoms with Gasteiger partial charge in [-0.25, -0.2) is 0 Å². The Morgan fingerprint density at radius 2 is 1.33 bits per heavy atom. The van der Waals surface area contributed by atoms with Crippen LogP contribution in [0.4, 0.5) is 0 Å². The molecule has 0 heterocycles. The van der Waals surface area contributed by atoms with E-state index in [2.05, 4.69) is 61.3 Å². The second-order valence-electron chi connectivity index (χ2n) is 5.34. The molecule has 1 aliphatic carbocycles. The van der Waals surface area contributed by atoms with Gasteiger partial charge in [-0.3, -0.25) is 4.79 Å². The minimum Gasteiger partial charge on any atom is -0.290 e. The summed E-state index contributed by atoms with van der Waals surface area (Å²) in [4.78, 5) is 12.5. The number of hydrogen-bond acceptors (Lipinski definition) is 1. The van der Waals surface area contributed by atoms with Crippen LogP contribution in [0.2, 0.25) is 0 Å². The molecular weight excluding hydrogens is 275 g/mol. The molecule has 0 fully saturated rings. The second kappa shape index (κ2) is 5.79. The molecule has 104 valence electrons. The lowest BCUT2D eigenvalue weighted by Crippen LogP contribution is -2.34. The van der Waals surface area contributed by atoms with E-state index in [1.54, 1.807) is 6.08 Å². The molecule has 1 atom stereocenters. The van der Waals surface area contributed by atoms with E-state index in [0.29, 0.717) is 0 Å². The maximum absolute atomic E-state index is 12.5. The molecule has 0 saturated heterocycles. The van der Waals surface area contributed by atoms with Crippen LogP contribution in [-0.4, -0.2) is 18.1 Å². The largest absolute Gasteiger partial charge is 0.290 e. The summed E-state index contributed by atoms with van der Waals surface area (Å²) >= 11 is 0. The van der Waals surface area contributed by atoms with Gasteiger partial charge in [0.1, 0.15) is 0 Å². The van der Waals surface area contributed by atoms with Crippen LogP contribution < -0.4 is 10.6 Å². The van der Waals surface area contributed by atoms with Gasteiger partial charge in [0, 0.05) is 0 Å². The fourth-order valence-electron chi connectivity index (χ4n) is 2.89. The molecule has 3 rings (SSSR count). The van der Waals surface area contributed by atoms with Gasteiger partial charge in [-0.1, -0.05) is 48.6 Å². The molecule has 0 aliphatic heterocycles. The van der Waals surface area contributed by atoms with E-state index in [0.717, 1.165) is 0 Å². The minimum absolute atomic E-state index is 0.0627. The van der Waals surface area contributed by atoms with Crippen LogP contribution in [0.15, 0.2) is 85.0 Å². The number of hydrogen-bond donors (Lipinski definition) is 0. The van der Waals surface area contributed by atoms with Gasteiger partial charge in [-0.2, -0.15) is 0 Å². The maximum atomic E-state index is 12.5. The summed E-state index contributed by atoms with van der Waals surface area (Å²) in [6, 6.07) is 20.9. The van der Waals surface area contributed by atoms with Gasteiger partial charge in [0.15, 0.2) is 5.66 Å². The van der Waals surface area contributed by atoms with Gasteiger partial charge in [0.05, 0.1) is 24.5 Å². The lowest BCUT2D eigenvalue weighted by atomic mass is 10.2. The third-order valence-electron chi connectivity index (χ3n) is 4.10. The summed E-state index contributed by atoms with van der Waals surface area (Å²) in [5.41, 5.74) is -0.0627. The van der Waals surface area contributed by atoms with Crippen LogP contribution in [0.1, 0.15) is 0 Å². The molecule has 0 saturated carbocycles. The molecule has 1 unspecified atom stereocenters. The first-order valence-electron chi connectivity index (χ1n) is 7.09. The fourth-order valence-corrected chi connectivity index (χ4v) is 6.45. The normalized spacial score (nSPS) is 18.0. The van der Waals surface area contributed by atoms with Crippen molar-refractivity contribution < 1.29 is 4.79 Å². The van der Waals surface area contributed by atoms with Crippen molar-refractivity contribution in [3.63, 3.8) is 0 Å². The molecule has 0 amide bonds. The van der Waals surface area contributed by atoms with E-state index >= 15 is 0 Å². The van der Waals surface area contributed by atoms with E-state index < -0.39 is 7.26 Å². The van der Waals surface area contributed by atoms with Gasteiger partial charge in [0.2, 0.25) is 5.78 Å². The smallest absolute Gasteiger partial charge is 0.200 e. The summed E-state index contributed by atoms with van der Waals surface area (Å²) in [5, 5.41) is 2.55. The molecule has 21 heavy (non-hydrogen) atoms. The summed E-state index contributed by atoms with van der Waals surface area (Å²) < 4.78 is 0. The number of ketones is 1. The first kappa shape index (κ1) is 14.0. The first-order valence-corrected chi connectivity index (χ1v) is 9.39. The zero-order valence-electron chi connectivity index (χ0n) is 12.0. The molecule has 0 N–H and O–H groups in total. The monoisotopic (exact) mass is 293 g/mol. The van der Waals surface area contributed by atoms with Crippen LogP contribution in [0.5, 0.6) is 0 Å². The highest BCUT2D eigenvalue weighted by molar-refractivity contribution is 7.90. The predicted octanol–water partition coefficient (Wildman–Crippen LogP) is 3.35. The molecule has 1 aliphatic rings. The Morgan fingerprint density at radius 1 is 0.810 bits per heavy atom. The van der Waals surface area contributed by atoms with Gasteiger partial charge in [-0.15, -0.1) is 0 Å². The van der Waals surface area contributed by atoms with Crippen molar-refractivity contribution in [3.05, 3.63) is 85.0 Å². The molecule has 2 aromatic carbocycles. The van der Waals surface area contributed by atoms with E-state index in [9.17, 15) is 4.79 Å². The fraction of sp³-hybridized carbons (Fsp3) is 0.105. The number of carbonyl (C=O) groups excluding carboxylic acids is 1. The molecule has 0 aromatic heterocycles. The van der Waals surface area contributed by atoms with E-state index in [1.807, 2.05) is 24.3 Å². The Balaban J connectivity index is 2.18. The third-order valence-corrected chi connectivity index (χ3v) is 8.38. The second-order valence-corrected chi connectivity index (χ2v) is 9.08. The highest BCUT2D eigenvalue weighted by Crippen LogP contribution is 2.58. The van der Waals surface area contributed by atoms with Crippen LogP contribution >= 0.6 is 7.26 Å². The van der Waals surface area contributed by atoms with Crippen molar-refractivity contribution in [3.8, 4) is 0 Å². The Hall–Kier alpha value is -1.98. The van der Waals surface area contributed by atoms with E-state index in [4.69, 9.17) is 0 Å². The van der Waals surface area contributed by atoms with Crippen LogP contribution in [0.3, 0.4) is 0 Å². The lowest BCUT2D eigenvalue weighted by molar-refractivity contribution is -0.113. The molecule has 2 aromatic rings. The summed E-state index contributed by atoms with van der Waals surface area (Å²) in [7, 11) is -1.79. The topological polar surface area (TPSA) is 17.1 Å². The summed E-state index contributed by atoms with van der Waals surface area (Å²) in [6.45, 7) is 2.27. The van der Waals surface area contributed by atoms with Crippen LogP contribution in [0, 0.1) is 0 Å². The van der Waals surface area contributed by atoms with Crippen molar-refractivity contribution in [2.75, 3.05) is 6.66 Å². The van der Waals surface area contributed by atoms with Gasteiger partial charge in [-0.05, 0) is 36.4 Å². The molecular formula is C19H18OP+. The highest BCUT2D eigenvalue weighted by Gasteiger charge is 2.47. The van der Waals surface area contributed by atoms with Crippen molar-refractivity contribution in [1.82, 2.24) is 0 Å². The van der Waals surface area contributed by atoms with Gasteiger partial charge in [0.25, 0.3) is 0 Å². The third kappa shape index (κ3) is 2.50. The Morgan fingerprint density at radius 3 is 1.81 bits per heavy atom. The Labute approximate surface area is 126 Å². The average Bonchev–Trinajstić information content (AvgIpc) is 2.56. The molecule has 1 nitrogen and oxygen atoms in total.